The molecule has 0 heterocycles. The maximum Gasteiger partial charge on any atom is 0.305 e. The van der Waals surface area contributed by atoms with Crippen LogP contribution >= 0.6 is 0 Å². The molecule has 4 nitrogen and oxygen atoms in total. The van der Waals surface area contributed by atoms with E-state index in [1.165, 1.54) is 13.2 Å². The van der Waals surface area contributed by atoms with Crippen LogP contribution in [0.4, 0.5) is 4.39 Å². The van der Waals surface area contributed by atoms with Gasteiger partial charge in [0.25, 0.3) is 0 Å². The van der Waals surface area contributed by atoms with Crippen LogP contribution < -0.4 is 5.32 Å². The molecule has 1 aromatic rings. The molecule has 2 unspecified atom stereocenters. The fourth-order valence-electron chi connectivity index (χ4n) is 2.22. The van der Waals surface area contributed by atoms with Crippen LogP contribution in [-0.2, 0) is 9.53 Å². The molecule has 21 heavy (non-hydrogen) atoms. The van der Waals surface area contributed by atoms with Gasteiger partial charge in [-0.1, -0.05) is 26.0 Å². The number of methoxy groups -OCH3 is 1. The SMILES string of the molecule is COC(=O)CCC(NC(C)C)C(O)c1ccc(F)c(C)c1. The van der Waals surface area contributed by atoms with Crippen molar-refractivity contribution in [2.24, 2.45) is 0 Å². The second-order valence-electron chi connectivity index (χ2n) is 5.50. The number of aliphatic hydroxyl groups excluding tert-OH is 1. The number of benzene rings is 1. The zero-order valence-electron chi connectivity index (χ0n) is 13.0. The number of hydrogen-bond acceptors (Lipinski definition) is 4. The first-order valence-electron chi connectivity index (χ1n) is 7.12. The molecule has 5 heteroatoms. The smallest absolute Gasteiger partial charge is 0.305 e. The Morgan fingerprint density at radius 1 is 1.43 bits per heavy atom. The molecule has 0 aliphatic carbocycles. The topological polar surface area (TPSA) is 58.6 Å². The van der Waals surface area contributed by atoms with Gasteiger partial charge in [0.15, 0.2) is 0 Å². The Balaban J connectivity index is 2.84. The molecular formula is C16H24FNO3. The van der Waals surface area contributed by atoms with E-state index in [0.29, 0.717) is 17.5 Å². The number of aliphatic hydroxyl groups is 1. The van der Waals surface area contributed by atoms with E-state index < -0.39 is 6.10 Å². The number of halogens is 1. The zero-order chi connectivity index (χ0) is 16.0. The largest absolute Gasteiger partial charge is 0.469 e. The molecule has 2 atom stereocenters. The second-order valence-corrected chi connectivity index (χ2v) is 5.50. The predicted octanol–water partition coefficient (Wildman–Crippen LogP) is 2.49. The van der Waals surface area contributed by atoms with Gasteiger partial charge >= 0.3 is 5.97 Å². The van der Waals surface area contributed by atoms with Crippen molar-refractivity contribution >= 4 is 5.97 Å². The van der Waals surface area contributed by atoms with Crippen molar-refractivity contribution in [3.05, 3.63) is 35.1 Å². The summed E-state index contributed by atoms with van der Waals surface area (Å²) in [6.07, 6.45) is -0.142. The number of carbonyl (C=O) groups is 1. The fourth-order valence-corrected chi connectivity index (χ4v) is 2.22. The Morgan fingerprint density at radius 3 is 2.62 bits per heavy atom. The van der Waals surface area contributed by atoms with E-state index in [9.17, 15) is 14.3 Å². The van der Waals surface area contributed by atoms with Crippen LogP contribution in [0.5, 0.6) is 0 Å². The molecule has 0 radical (unpaired) electrons. The third-order valence-corrected chi connectivity index (χ3v) is 3.34. The molecule has 1 aromatic carbocycles. The third-order valence-electron chi connectivity index (χ3n) is 3.34. The minimum Gasteiger partial charge on any atom is -0.469 e. The Morgan fingerprint density at radius 2 is 2.10 bits per heavy atom. The number of hydrogen-bond donors (Lipinski definition) is 2. The standard InChI is InChI=1S/C16H24FNO3/c1-10(2)18-14(7-8-15(19)21-4)16(20)12-5-6-13(17)11(3)9-12/h5-6,9-10,14,16,18,20H,7-8H2,1-4H3. The molecule has 0 saturated heterocycles. The first-order valence-corrected chi connectivity index (χ1v) is 7.12. The molecule has 0 aromatic heterocycles. The minimum atomic E-state index is -0.809. The number of esters is 1. The van der Waals surface area contributed by atoms with Gasteiger partial charge in [-0.05, 0) is 30.5 Å². The van der Waals surface area contributed by atoms with Gasteiger partial charge < -0.3 is 15.2 Å². The zero-order valence-corrected chi connectivity index (χ0v) is 13.0. The summed E-state index contributed by atoms with van der Waals surface area (Å²) in [7, 11) is 1.34. The molecule has 1 rings (SSSR count). The van der Waals surface area contributed by atoms with Crippen molar-refractivity contribution in [1.29, 1.82) is 0 Å². The monoisotopic (exact) mass is 297 g/mol. The van der Waals surface area contributed by atoms with Crippen LogP contribution in [0.25, 0.3) is 0 Å². The Labute approximate surface area is 125 Å². The van der Waals surface area contributed by atoms with E-state index >= 15 is 0 Å². The van der Waals surface area contributed by atoms with E-state index in [1.54, 1.807) is 19.1 Å². The average Bonchev–Trinajstić information content (AvgIpc) is 2.44. The third kappa shape index (κ3) is 5.44. The number of rotatable bonds is 7. The summed E-state index contributed by atoms with van der Waals surface area (Å²) in [5.74, 6) is -0.609. The van der Waals surface area contributed by atoms with Gasteiger partial charge in [-0.3, -0.25) is 4.79 Å². The van der Waals surface area contributed by atoms with Crippen molar-refractivity contribution in [3.8, 4) is 0 Å². The summed E-state index contributed by atoms with van der Waals surface area (Å²) in [4.78, 5) is 11.3. The lowest BCUT2D eigenvalue weighted by Gasteiger charge is -2.26. The summed E-state index contributed by atoms with van der Waals surface area (Å²) < 4.78 is 17.9. The molecule has 0 aliphatic rings. The molecule has 0 saturated carbocycles. The van der Waals surface area contributed by atoms with Gasteiger partial charge in [-0.2, -0.15) is 0 Å². The van der Waals surface area contributed by atoms with Crippen molar-refractivity contribution in [2.75, 3.05) is 7.11 Å². The van der Waals surface area contributed by atoms with E-state index in [2.05, 4.69) is 10.1 Å². The Hall–Kier alpha value is -1.46. The maximum atomic E-state index is 13.3. The molecule has 0 spiro atoms. The average molecular weight is 297 g/mol. The van der Waals surface area contributed by atoms with Crippen molar-refractivity contribution in [3.63, 3.8) is 0 Å². The lowest BCUT2D eigenvalue weighted by atomic mass is 9.96. The van der Waals surface area contributed by atoms with Crippen LogP contribution in [0.3, 0.4) is 0 Å². The quantitative estimate of drug-likeness (QED) is 0.759. The first kappa shape index (κ1) is 17.6. The number of ether oxygens (including phenoxy) is 1. The minimum absolute atomic E-state index is 0.156. The molecule has 0 aliphatic heterocycles. The van der Waals surface area contributed by atoms with Crippen LogP contribution in [0.2, 0.25) is 0 Å². The normalized spacial score (nSPS) is 14.0. The maximum absolute atomic E-state index is 13.3. The number of carbonyl (C=O) groups excluding carboxylic acids is 1. The van der Waals surface area contributed by atoms with E-state index in [0.717, 1.165) is 0 Å². The van der Waals surface area contributed by atoms with E-state index in [4.69, 9.17) is 0 Å². The van der Waals surface area contributed by atoms with Gasteiger partial charge in [0.2, 0.25) is 0 Å². The fraction of sp³-hybridized carbons (Fsp3) is 0.562. The predicted molar refractivity (Wildman–Crippen MR) is 79.4 cm³/mol. The molecular weight excluding hydrogens is 273 g/mol. The lowest BCUT2D eigenvalue weighted by molar-refractivity contribution is -0.141. The highest BCUT2D eigenvalue weighted by molar-refractivity contribution is 5.69. The van der Waals surface area contributed by atoms with Crippen molar-refractivity contribution < 1.29 is 19.0 Å². The lowest BCUT2D eigenvalue weighted by Crippen LogP contribution is -2.39. The van der Waals surface area contributed by atoms with E-state index in [-0.39, 0.29) is 30.3 Å². The van der Waals surface area contributed by atoms with Gasteiger partial charge in [0.1, 0.15) is 5.82 Å². The van der Waals surface area contributed by atoms with Crippen molar-refractivity contribution in [2.45, 2.75) is 51.8 Å². The summed E-state index contributed by atoms with van der Waals surface area (Å²) in [5, 5.41) is 13.7. The van der Waals surface area contributed by atoms with Gasteiger partial charge in [-0.15, -0.1) is 0 Å². The summed E-state index contributed by atoms with van der Waals surface area (Å²) in [6, 6.07) is 4.41. The molecule has 0 fully saturated rings. The highest BCUT2D eigenvalue weighted by Gasteiger charge is 2.23. The first-order chi connectivity index (χ1) is 9.85. The van der Waals surface area contributed by atoms with Crippen LogP contribution in [-0.4, -0.2) is 30.3 Å². The molecule has 2 N–H and O–H groups in total. The summed E-state index contributed by atoms with van der Waals surface area (Å²) in [5.41, 5.74) is 1.12. The van der Waals surface area contributed by atoms with Crippen molar-refractivity contribution in [1.82, 2.24) is 5.32 Å². The summed E-state index contributed by atoms with van der Waals surface area (Å²) in [6.45, 7) is 5.59. The number of aryl methyl sites for hydroxylation is 1. The molecule has 0 bridgehead atoms. The van der Waals surface area contributed by atoms with E-state index in [1.807, 2.05) is 13.8 Å². The Kier molecular flexibility index (Phi) is 6.78. The Bertz CT molecular complexity index is 477. The van der Waals surface area contributed by atoms with Crippen LogP contribution in [0.15, 0.2) is 18.2 Å². The van der Waals surface area contributed by atoms with Gasteiger partial charge in [0, 0.05) is 18.5 Å². The summed E-state index contributed by atoms with van der Waals surface area (Å²) >= 11 is 0. The highest BCUT2D eigenvalue weighted by atomic mass is 19.1. The highest BCUT2D eigenvalue weighted by Crippen LogP contribution is 2.22. The molecule has 118 valence electrons. The molecule has 0 amide bonds. The second kappa shape index (κ2) is 8.10. The number of nitrogens with one attached hydrogen (secondary N) is 1. The van der Waals surface area contributed by atoms with Gasteiger partial charge in [-0.25, -0.2) is 4.39 Å². The van der Waals surface area contributed by atoms with Crippen LogP contribution in [0, 0.1) is 12.7 Å². The van der Waals surface area contributed by atoms with Crippen LogP contribution in [0.1, 0.15) is 43.9 Å². The van der Waals surface area contributed by atoms with Gasteiger partial charge in [0.05, 0.1) is 13.2 Å².